The topological polar surface area (TPSA) is 29.3 Å². The maximum Gasteiger partial charge on any atom is 0.0339 e. The minimum atomic E-state index is 0.337. The number of hydrogen-bond donors (Lipinski definition) is 1. The van der Waals surface area contributed by atoms with Crippen molar-refractivity contribution < 1.29 is 0 Å². The summed E-state index contributed by atoms with van der Waals surface area (Å²) in [5.41, 5.74) is 6.14. The van der Waals surface area contributed by atoms with E-state index < -0.39 is 0 Å². The Kier molecular flexibility index (Phi) is 3.50. The number of nitrogens with zero attached hydrogens (tertiary/aromatic N) is 1. The molecule has 1 aromatic rings. The summed E-state index contributed by atoms with van der Waals surface area (Å²) in [7, 11) is 0. The van der Waals surface area contributed by atoms with Gasteiger partial charge in [0.05, 0.1) is 0 Å². The second kappa shape index (κ2) is 4.53. The van der Waals surface area contributed by atoms with Gasteiger partial charge in [0.2, 0.25) is 0 Å². The van der Waals surface area contributed by atoms with Gasteiger partial charge in [-0.15, -0.1) is 11.3 Å². The van der Waals surface area contributed by atoms with Crippen LogP contribution in [0, 0.1) is 5.41 Å². The van der Waals surface area contributed by atoms with Crippen LogP contribution in [-0.4, -0.2) is 24.5 Å². The third kappa shape index (κ3) is 2.61. The third-order valence-electron chi connectivity index (χ3n) is 3.19. The maximum atomic E-state index is 5.80. The first kappa shape index (κ1) is 11.6. The molecule has 0 spiro atoms. The predicted molar refractivity (Wildman–Crippen MR) is 69.1 cm³/mol. The lowest BCUT2D eigenvalue weighted by molar-refractivity contribution is 0.276. The van der Waals surface area contributed by atoms with Crippen molar-refractivity contribution >= 4 is 27.3 Å². The zero-order chi connectivity index (χ0) is 10.9. The van der Waals surface area contributed by atoms with E-state index in [0.717, 1.165) is 19.6 Å². The Hall–Kier alpha value is 0.100. The van der Waals surface area contributed by atoms with E-state index in [0.29, 0.717) is 5.41 Å². The molecule has 0 aliphatic carbocycles. The van der Waals surface area contributed by atoms with Crippen molar-refractivity contribution in [1.82, 2.24) is 4.90 Å². The van der Waals surface area contributed by atoms with Crippen molar-refractivity contribution in [2.45, 2.75) is 19.9 Å². The monoisotopic (exact) mass is 288 g/mol. The molecule has 1 aliphatic heterocycles. The van der Waals surface area contributed by atoms with Gasteiger partial charge in [-0.05, 0) is 52.3 Å². The molecule has 2 rings (SSSR count). The zero-order valence-electron chi connectivity index (χ0n) is 9.00. The van der Waals surface area contributed by atoms with Gasteiger partial charge in [-0.1, -0.05) is 6.92 Å². The van der Waals surface area contributed by atoms with Gasteiger partial charge in [0.1, 0.15) is 0 Å². The number of likely N-dealkylation sites (tertiary alicyclic amines) is 1. The Morgan fingerprint density at radius 3 is 3.00 bits per heavy atom. The van der Waals surface area contributed by atoms with Crippen LogP contribution < -0.4 is 5.73 Å². The van der Waals surface area contributed by atoms with Crippen LogP contribution in [0.4, 0.5) is 0 Å². The highest BCUT2D eigenvalue weighted by Gasteiger charge is 2.32. The predicted octanol–water partition coefficient (Wildman–Crippen LogP) is 2.68. The molecule has 1 aromatic heterocycles. The van der Waals surface area contributed by atoms with Crippen LogP contribution in [0.25, 0.3) is 0 Å². The SMILES string of the molecule is CC1(CN)CCN(Cc2sccc2Br)C1. The van der Waals surface area contributed by atoms with Gasteiger partial charge in [-0.25, -0.2) is 0 Å². The van der Waals surface area contributed by atoms with Crippen LogP contribution in [0.3, 0.4) is 0 Å². The highest BCUT2D eigenvalue weighted by molar-refractivity contribution is 9.10. The molecule has 1 atom stereocenters. The lowest BCUT2D eigenvalue weighted by Crippen LogP contribution is -2.31. The van der Waals surface area contributed by atoms with E-state index >= 15 is 0 Å². The Balaban J connectivity index is 1.96. The van der Waals surface area contributed by atoms with Crippen LogP contribution in [0.15, 0.2) is 15.9 Å². The lowest BCUT2D eigenvalue weighted by Gasteiger charge is -2.22. The van der Waals surface area contributed by atoms with E-state index in [2.05, 4.69) is 39.2 Å². The zero-order valence-corrected chi connectivity index (χ0v) is 11.4. The molecule has 1 aliphatic rings. The van der Waals surface area contributed by atoms with E-state index in [1.165, 1.54) is 22.3 Å². The molecular formula is C11H17BrN2S. The molecule has 2 nitrogen and oxygen atoms in total. The summed E-state index contributed by atoms with van der Waals surface area (Å²) >= 11 is 5.40. The van der Waals surface area contributed by atoms with Crippen molar-refractivity contribution in [2.75, 3.05) is 19.6 Å². The molecule has 1 fully saturated rings. The second-order valence-corrected chi connectivity index (χ2v) is 6.52. The van der Waals surface area contributed by atoms with Gasteiger partial charge >= 0.3 is 0 Å². The first-order valence-corrected chi connectivity index (χ1v) is 6.94. The van der Waals surface area contributed by atoms with Crippen LogP contribution in [-0.2, 0) is 6.54 Å². The van der Waals surface area contributed by atoms with E-state index in [4.69, 9.17) is 5.73 Å². The lowest BCUT2D eigenvalue weighted by atomic mass is 9.90. The normalized spacial score (nSPS) is 27.4. The van der Waals surface area contributed by atoms with E-state index in [1.54, 1.807) is 0 Å². The standard InChI is InChI=1S/C11H17BrN2S/c1-11(7-13)3-4-14(8-11)6-10-9(12)2-5-15-10/h2,5H,3-4,6-8,13H2,1H3. The third-order valence-corrected chi connectivity index (χ3v) is 5.10. The fourth-order valence-electron chi connectivity index (χ4n) is 2.07. The summed E-state index contributed by atoms with van der Waals surface area (Å²) in [6.45, 7) is 6.46. The van der Waals surface area contributed by atoms with Crippen molar-refractivity contribution in [2.24, 2.45) is 11.1 Å². The number of hydrogen-bond acceptors (Lipinski definition) is 3. The number of nitrogens with two attached hydrogens (primary N) is 1. The van der Waals surface area contributed by atoms with Crippen LogP contribution >= 0.6 is 27.3 Å². The minimum absolute atomic E-state index is 0.337. The Bertz CT molecular complexity index is 339. The smallest absolute Gasteiger partial charge is 0.0339 e. The fraction of sp³-hybridized carbons (Fsp3) is 0.636. The van der Waals surface area contributed by atoms with Crippen LogP contribution in [0.2, 0.25) is 0 Å². The van der Waals surface area contributed by atoms with Gasteiger partial charge in [0.15, 0.2) is 0 Å². The van der Waals surface area contributed by atoms with Gasteiger partial charge in [-0.3, -0.25) is 4.90 Å². The van der Waals surface area contributed by atoms with Crippen molar-refractivity contribution in [1.29, 1.82) is 0 Å². The highest BCUT2D eigenvalue weighted by Crippen LogP contribution is 2.31. The summed E-state index contributed by atoms with van der Waals surface area (Å²) in [4.78, 5) is 3.93. The van der Waals surface area contributed by atoms with Gasteiger partial charge in [0.25, 0.3) is 0 Å². The quantitative estimate of drug-likeness (QED) is 0.927. The molecule has 1 saturated heterocycles. The summed E-state index contributed by atoms with van der Waals surface area (Å²) in [6, 6.07) is 2.12. The Labute approximate surface area is 104 Å². The van der Waals surface area contributed by atoms with Crippen LogP contribution in [0.1, 0.15) is 18.2 Å². The number of thiophene rings is 1. The van der Waals surface area contributed by atoms with Gasteiger partial charge in [0, 0.05) is 22.4 Å². The molecule has 84 valence electrons. The molecule has 1 unspecified atom stereocenters. The summed E-state index contributed by atoms with van der Waals surface area (Å²) in [5, 5.41) is 2.14. The van der Waals surface area contributed by atoms with Gasteiger partial charge in [-0.2, -0.15) is 0 Å². The second-order valence-electron chi connectivity index (χ2n) is 4.67. The Morgan fingerprint density at radius 2 is 2.47 bits per heavy atom. The van der Waals surface area contributed by atoms with Crippen LogP contribution in [0.5, 0.6) is 0 Å². The van der Waals surface area contributed by atoms with Crippen molar-refractivity contribution in [3.8, 4) is 0 Å². The molecule has 2 heterocycles. The molecule has 0 aromatic carbocycles. The molecular weight excluding hydrogens is 272 g/mol. The average molecular weight is 289 g/mol. The summed E-state index contributed by atoms with van der Waals surface area (Å²) in [6.07, 6.45) is 1.23. The molecule has 15 heavy (non-hydrogen) atoms. The van der Waals surface area contributed by atoms with E-state index in [-0.39, 0.29) is 0 Å². The highest BCUT2D eigenvalue weighted by atomic mass is 79.9. The molecule has 2 N–H and O–H groups in total. The minimum Gasteiger partial charge on any atom is -0.330 e. The largest absolute Gasteiger partial charge is 0.330 e. The Morgan fingerprint density at radius 1 is 1.67 bits per heavy atom. The molecule has 0 saturated carbocycles. The number of rotatable bonds is 3. The summed E-state index contributed by atoms with van der Waals surface area (Å²) < 4.78 is 1.24. The molecule has 0 bridgehead atoms. The van der Waals surface area contributed by atoms with Crippen molar-refractivity contribution in [3.63, 3.8) is 0 Å². The summed E-state index contributed by atoms with van der Waals surface area (Å²) in [5.74, 6) is 0. The van der Waals surface area contributed by atoms with E-state index in [9.17, 15) is 0 Å². The van der Waals surface area contributed by atoms with Gasteiger partial charge < -0.3 is 5.73 Å². The fourth-order valence-corrected chi connectivity index (χ4v) is 3.59. The van der Waals surface area contributed by atoms with Crippen molar-refractivity contribution in [3.05, 3.63) is 20.8 Å². The first-order valence-electron chi connectivity index (χ1n) is 5.27. The molecule has 4 heteroatoms. The first-order chi connectivity index (χ1) is 7.13. The average Bonchev–Trinajstić information content (AvgIpc) is 2.77. The number of halogens is 1. The van der Waals surface area contributed by atoms with E-state index in [1.807, 2.05) is 11.3 Å². The molecule has 0 radical (unpaired) electrons. The molecule has 0 amide bonds. The maximum absolute atomic E-state index is 5.80.